The molecule has 13 heteroatoms. The third-order valence-corrected chi connectivity index (χ3v) is 7.26. The van der Waals surface area contributed by atoms with Crippen molar-refractivity contribution >= 4 is 19.4 Å². The molecule has 0 radical (unpaired) electrons. The van der Waals surface area contributed by atoms with Crippen LogP contribution in [0, 0.1) is 0 Å². The molecule has 0 saturated carbocycles. The fourth-order valence-corrected chi connectivity index (χ4v) is 5.19. The smallest absolute Gasteiger partial charge is 0.447 e. The number of nitrogens with zero attached hydrogens (tertiary/aromatic N) is 3. The Morgan fingerprint density at radius 1 is 0.850 bits per heavy atom. The molecule has 40 heavy (non-hydrogen) atoms. The molecule has 0 aliphatic heterocycles. The summed E-state index contributed by atoms with van der Waals surface area (Å²) in [5, 5.41) is 6.03. The third kappa shape index (κ3) is 10.9. The van der Waals surface area contributed by atoms with Crippen molar-refractivity contribution in [3.05, 3.63) is 101 Å². The van der Waals surface area contributed by atoms with Crippen LogP contribution in [0.4, 0.5) is 10.5 Å². The number of carbonyl (C=O) groups excluding carboxylic acids is 1. The molecule has 3 aromatic carbocycles. The third-order valence-electron chi connectivity index (χ3n) is 5.26. The average Bonchev–Trinajstić information content (AvgIpc) is 2.96. The zero-order chi connectivity index (χ0) is 28.5. The standard InChI is InChI=1S/C27H32N5O7P/c28-23-13-11-22(12-14-23)21-26(31-27(33)37-20-19-36-18-17-35-16-15-30-32-29)40(34,38-24-7-3-1-4-8-24)39-25-9-5-2-6-10-25/h1-14,26H,15-21,28H2,(H,31,33). The molecule has 12 nitrogen and oxygen atoms in total. The first kappa shape index (κ1) is 30.3. The molecular formula is C27H32N5O7P. The number of rotatable bonds is 17. The van der Waals surface area contributed by atoms with E-state index in [1.165, 1.54) is 0 Å². The molecule has 0 fully saturated rings. The van der Waals surface area contributed by atoms with E-state index in [-0.39, 0.29) is 39.4 Å². The lowest BCUT2D eigenvalue weighted by molar-refractivity contribution is 0.0299. The highest BCUT2D eigenvalue weighted by molar-refractivity contribution is 7.55. The van der Waals surface area contributed by atoms with Crippen LogP contribution in [0.3, 0.4) is 0 Å². The Bertz CT molecular complexity index is 1210. The number of alkyl carbamates (subject to hydrolysis) is 1. The largest absolute Gasteiger partial charge is 0.453 e. The van der Waals surface area contributed by atoms with Crippen molar-refractivity contribution in [3.8, 4) is 11.5 Å². The maximum atomic E-state index is 14.4. The summed E-state index contributed by atoms with van der Waals surface area (Å²) >= 11 is 0. The molecule has 3 aromatic rings. The van der Waals surface area contributed by atoms with Crippen LogP contribution in [0.5, 0.6) is 11.5 Å². The number of amides is 1. The molecular weight excluding hydrogens is 537 g/mol. The molecule has 0 aromatic heterocycles. The van der Waals surface area contributed by atoms with Crippen LogP contribution < -0.4 is 20.1 Å². The van der Waals surface area contributed by atoms with Gasteiger partial charge in [-0.2, -0.15) is 0 Å². The van der Waals surface area contributed by atoms with Crippen LogP contribution in [0.15, 0.2) is 90.0 Å². The fraction of sp³-hybridized carbons (Fsp3) is 0.296. The minimum absolute atomic E-state index is 0.0530. The summed E-state index contributed by atoms with van der Waals surface area (Å²) in [6.07, 6.45) is -0.709. The maximum absolute atomic E-state index is 14.4. The Balaban J connectivity index is 1.68. The SMILES string of the molecule is [N-]=[N+]=NCCOCCOCCOC(=O)NC(Cc1ccc(N)cc1)P(=O)(Oc1ccccc1)Oc1ccccc1. The van der Waals surface area contributed by atoms with Gasteiger partial charge >= 0.3 is 13.7 Å². The molecule has 0 saturated heterocycles. The van der Waals surface area contributed by atoms with Gasteiger partial charge in [-0.15, -0.1) is 0 Å². The van der Waals surface area contributed by atoms with E-state index in [1.54, 1.807) is 84.9 Å². The zero-order valence-electron chi connectivity index (χ0n) is 21.8. The predicted molar refractivity (Wildman–Crippen MR) is 150 cm³/mol. The van der Waals surface area contributed by atoms with Gasteiger partial charge in [0.1, 0.15) is 18.1 Å². The number of benzene rings is 3. The summed E-state index contributed by atoms with van der Waals surface area (Å²) in [5.41, 5.74) is 15.4. The van der Waals surface area contributed by atoms with Gasteiger partial charge in [-0.25, -0.2) is 9.36 Å². The Morgan fingerprint density at radius 3 is 1.98 bits per heavy atom. The number of azide groups is 1. The highest BCUT2D eigenvalue weighted by Gasteiger charge is 2.41. The second-order valence-electron chi connectivity index (χ2n) is 8.27. The second-order valence-corrected chi connectivity index (χ2v) is 10.3. The number of hydrogen-bond acceptors (Lipinski definition) is 9. The van der Waals surface area contributed by atoms with Crippen LogP contribution >= 0.6 is 7.60 Å². The minimum Gasteiger partial charge on any atom is -0.447 e. The van der Waals surface area contributed by atoms with Crippen molar-refractivity contribution in [1.82, 2.24) is 5.32 Å². The maximum Gasteiger partial charge on any atom is 0.453 e. The molecule has 1 unspecified atom stereocenters. The van der Waals surface area contributed by atoms with E-state index < -0.39 is 19.5 Å². The van der Waals surface area contributed by atoms with Crippen molar-refractivity contribution in [2.45, 2.75) is 12.2 Å². The van der Waals surface area contributed by atoms with Crippen LogP contribution in [0.2, 0.25) is 0 Å². The highest BCUT2D eigenvalue weighted by Crippen LogP contribution is 2.53. The lowest BCUT2D eigenvalue weighted by Crippen LogP contribution is -2.39. The minimum atomic E-state index is -4.09. The fourth-order valence-electron chi connectivity index (χ4n) is 3.36. The van der Waals surface area contributed by atoms with Crippen LogP contribution in [-0.4, -0.2) is 51.5 Å². The molecule has 3 rings (SSSR count). The Labute approximate surface area is 232 Å². The van der Waals surface area contributed by atoms with Crippen LogP contribution in [0.25, 0.3) is 10.4 Å². The molecule has 1 atom stereocenters. The van der Waals surface area contributed by atoms with Crippen LogP contribution in [0.1, 0.15) is 5.56 Å². The summed E-state index contributed by atoms with van der Waals surface area (Å²) in [6, 6.07) is 24.1. The summed E-state index contributed by atoms with van der Waals surface area (Å²) in [4.78, 5) is 15.4. The van der Waals surface area contributed by atoms with Gasteiger partial charge in [0, 0.05) is 23.6 Å². The predicted octanol–water partition coefficient (Wildman–Crippen LogP) is 5.56. The molecule has 3 N–H and O–H groups in total. The van der Waals surface area contributed by atoms with Crippen LogP contribution in [-0.2, 0) is 25.2 Å². The van der Waals surface area contributed by atoms with Crippen molar-refractivity contribution < 1.29 is 32.6 Å². The number of nitrogens with one attached hydrogen (secondary N) is 1. The normalized spacial score (nSPS) is 11.6. The lowest BCUT2D eigenvalue weighted by Gasteiger charge is -2.28. The van der Waals surface area contributed by atoms with Crippen molar-refractivity contribution in [2.24, 2.45) is 5.11 Å². The number of anilines is 1. The monoisotopic (exact) mass is 569 g/mol. The van der Waals surface area contributed by atoms with E-state index >= 15 is 0 Å². The Morgan fingerprint density at radius 2 is 1.40 bits per heavy atom. The highest BCUT2D eigenvalue weighted by atomic mass is 31.2. The number of ether oxygens (including phenoxy) is 3. The molecule has 212 valence electrons. The number of nitrogens with two attached hydrogens (primary N) is 1. The van der Waals surface area contributed by atoms with Gasteiger partial charge in [0.2, 0.25) is 0 Å². The van der Waals surface area contributed by atoms with E-state index in [0.717, 1.165) is 5.56 Å². The molecule has 0 aliphatic rings. The van der Waals surface area contributed by atoms with Gasteiger partial charge in [-0.1, -0.05) is 53.6 Å². The van der Waals surface area contributed by atoms with Crippen molar-refractivity contribution in [2.75, 3.05) is 45.3 Å². The van der Waals surface area contributed by atoms with E-state index in [0.29, 0.717) is 23.8 Å². The van der Waals surface area contributed by atoms with E-state index in [9.17, 15) is 9.36 Å². The lowest BCUT2D eigenvalue weighted by atomic mass is 10.1. The van der Waals surface area contributed by atoms with E-state index in [4.69, 9.17) is 34.5 Å². The van der Waals surface area contributed by atoms with Crippen molar-refractivity contribution in [3.63, 3.8) is 0 Å². The first-order valence-corrected chi connectivity index (χ1v) is 14.1. The molecule has 0 bridgehead atoms. The number of para-hydroxylation sites is 2. The number of nitrogen functional groups attached to an aromatic ring is 1. The second kappa shape index (κ2) is 16.7. The summed E-state index contributed by atoms with van der Waals surface area (Å²) in [5.74, 6) is -0.488. The first-order chi connectivity index (χ1) is 19.5. The number of hydrogen-bond donors (Lipinski definition) is 2. The topological polar surface area (TPSA) is 167 Å². The average molecular weight is 570 g/mol. The van der Waals surface area contributed by atoms with Crippen molar-refractivity contribution in [1.29, 1.82) is 0 Å². The summed E-state index contributed by atoms with van der Waals surface area (Å²) < 4.78 is 42.2. The molecule has 1 amide bonds. The molecule has 0 aliphatic carbocycles. The van der Waals surface area contributed by atoms with Gasteiger partial charge < -0.3 is 34.3 Å². The summed E-state index contributed by atoms with van der Waals surface area (Å²) in [7, 11) is -4.09. The van der Waals surface area contributed by atoms with Gasteiger partial charge in [0.15, 0.2) is 5.78 Å². The Kier molecular flexibility index (Phi) is 12.7. The van der Waals surface area contributed by atoms with E-state index in [1.807, 2.05) is 0 Å². The van der Waals surface area contributed by atoms with Gasteiger partial charge in [-0.05, 0) is 47.5 Å². The molecule has 0 heterocycles. The van der Waals surface area contributed by atoms with E-state index in [2.05, 4.69) is 15.3 Å². The quantitative estimate of drug-likeness (QED) is 0.0532. The Hall–Kier alpha value is -4.21. The summed E-state index contributed by atoms with van der Waals surface area (Å²) in [6.45, 7) is 1.16. The van der Waals surface area contributed by atoms with Gasteiger partial charge in [0.05, 0.1) is 26.4 Å². The molecule has 0 spiro atoms. The first-order valence-electron chi connectivity index (χ1n) is 12.5. The van der Waals surface area contributed by atoms with Gasteiger partial charge in [-0.3, -0.25) is 0 Å². The number of carbonyl (C=O) groups is 1. The zero-order valence-corrected chi connectivity index (χ0v) is 22.7. The van der Waals surface area contributed by atoms with Gasteiger partial charge in [0.25, 0.3) is 0 Å².